The molecule has 1 atom stereocenters. The molecule has 186 valence electrons. The predicted octanol–water partition coefficient (Wildman–Crippen LogP) is 4.98. The van der Waals surface area contributed by atoms with Crippen LogP contribution < -0.4 is 9.64 Å². The van der Waals surface area contributed by atoms with Crippen LogP contribution in [-0.4, -0.2) is 58.8 Å². The Morgan fingerprint density at radius 3 is 2.59 bits per heavy atom. The van der Waals surface area contributed by atoms with Gasteiger partial charge in [0.25, 0.3) is 0 Å². The van der Waals surface area contributed by atoms with Crippen LogP contribution in [0.4, 0.5) is 6.01 Å². The van der Waals surface area contributed by atoms with Crippen molar-refractivity contribution in [2.75, 3.05) is 42.8 Å². The first kappa shape index (κ1) is 24.9. The van der Waals surface area contributed by atoms with Crippen LogP contribution in [0.2, 0.25) is 0 Å². The van der Waals surface area contributed by atoms with Gasteiger partial charge in [0.2, 0.25) is 5.91 Å². The minimum absolute atomic E-state index is 0.266. The molecule has 0 bridgehead atoms. The van der Waals surface area contributed by atoms with E-state index in [-0.39, 0.29) is 11.8 Å². The first-order chi connectivity index (χ1) is 16.5. The molecule has 2 aliphatic rings. The van der Waals surface area contributed by atoms with Crippen molar-refractivity contribution in [3.63, 3.8) is 0 Å². The molecule has 3 heterocycles. The molecule has 1 aromatic carbocycles. The lowest BCUT2D eigenvalue weighted by atomic mass is 9.84. The highest BCUT2D eigenvalue weighted by Crippen LogP contribution is 2.30. The van der Waals surface area contributed by atoms with Crippen LogP contribution in [0.3, 0.4) is 0 Å². The van der Waals surface area contributed by atoms with E-state index >= 15 is 0 Å². The van der Waals surface area contributed by atoms with Gasteiger partial charge in [0.15, 0.2) is 5.82 Å². The van der Waals surface area contributed by atoms with Crippen LogP contribution in [0.15, 0.2) is 28.8 Å². The smallest absolute Gasteiger partial charge is 0.324 e. The van der Waals surface area contributed by atoms with Crippen LogP contribution >= 0.6 is 11.8 Å². The van der Waals surface area contributed by atoms with Crippen molar-refractivity contribution in [1.82, 2.24) is 15.0 Å². The Labute approximate surface area is 207 Å². The lowest BCUT2D eigenvalue weighted by molar-refractivity contribution is -0.129. The minimum Gasteiger partial charge on any atom is -0.494 e. The molecule has 0 N–H and O–H groups in total. The first-order valence-electron chi connectivity index (χ1n) is 12.7. The summed E-state index contributed by atoms with van der Waals surface area (Å²) >= 11 is 1.83. The van der Waals surface area contributed by atoms with Gasteiger partial charge in [-0.2, -0.15) is 4.98 Å². The van der Waals surface area contributed by atoms with Gasteiger partial charge >= 0.3 is 6.01 Å². The molecule has 8 heteroatoms. The number of ether oxygens (including phenoxy) is 1. The Kier molecular flexibility index (Phi) is 8.75. The van der Waals surface area contributed by atoms with Gasteiger partial charge in [0, 0.05) is 37.7 Å². The Balaban J connectivity index is 1.13. The average molecular weight is 487 g/mol. The number of benzene rings is 1. The molecular formula is C26H38N4O3S. The number of piperidine rings is 1. The summed E-state index contributed by atoms with van der Waals surface area (Å²) < 4.78 is 11.5. The number of anilines is 1. The van der Waals surface area contributed by atoms with Crippen molar-refractivity contribution in [1.29, 1.82) is 0 Å². The van der Waals surface area contributed by atoms with Crippen molar-refractivity contribution < 1.29 is 14.1 Å². The molecule has 0 aliphatic carbocycles. The highest BCUT2D eigenvalue weighted by atomic mass is 32.2. The quantitative estimate of drug-likeness (QED) is 0.469. The number of carbonyl (C=O) groups is 1. The van der Waals surface area contributed by atoms with E-state index in [9.17, 15) is 4.79 Å². The summed E-state index contributed by atoms with van der Waals surface area (Å²) in [6.07, 6.45) is 4.71. The third kappa shape index (κ3) is 6.68. The molecule has 7 nitrogen and oxygen atoms in total. The molecule has 1 aromatic heterocycles. The minimum atomic E-state index is 0.266. The SMILES string of the molecule is CC(C)c1noc(N2CCC(C(C)CCOc3ccc(CCC(=O)N4CCSC4)cc3)CC2)n1. The second kappa shape index (κ2) is 12.0. The fourth-order valence-corrected chi connectivity index (χ4v) is 5.59. The number of nitrogens with zero attached hydrogens (tertiary/aromatic N) is 4. The number of rotatable bonds is 10. The van der Waals surface area contributed by atoms with Gasteiger partial charge in [-0.15, -0.1) is 11.8 Å². The van der Waals surface area contributed by atoms with Gasteiger partial charge in [0.05, 0.1) is 12.5 Å². The molecule has 1 unspecified atom stereocenters. The molecule has 0 saturated carbocycles. The van der Waals surface area contributed by atoms with Crippen LogP contribution in [0, 0.1) is 11.8 Å². The fourth-order valence-electron chi connectivity index (χ4n) is 4.62. The molecule has 4 rings (SSSR count). The molecule has 2 aliphatic heterocycles. The van der Waals surface area contributed by atoms with Crippen molar-refractivity contribution in [3.05, 3.63) is 35.7 Å². The zero-order valence-corrected chi connectivity index (χ0v) is 21.6. The van der Waals surface area contributed by atoms with Crippen LogP contribution in [0.25, 0.3) is 0 Å². The van der Waals surface area contributed by atoms with E-state index in [1.807, 2.05) is 28.8 Å². The van der Waals surface area contributed by atoms with Gasteiger partial charge in [-0.25, -0.2) is 0 Å². The van der Waals surface area contributed by atoms with E-state index in [0.717, 1.165) is 75.1 Å². The van der Waals surface area contributed by atoms with Crippen molar-refractivity contribution >= 4 is 23.7 Å². The lowest BCUT2D eigenvalue weighted by Crippen LogP contribution is -2.36. The predicted molar refractivity (Wildman–Crippen MR) is 136 cm³/mol. The summed E-state index contributed by atoms with van der Waals surface area (Å²) in [6, 6.07) is 8.90. The standard InChI is InChI=1S/C26H38N4O3S/c1-19(2)25-27-26(33-28-25)29-13-10-22(11-14-29)20(3)12-16-32-23-7-4-21(5-8-23)6-9-24(31)30-15-17-34-18-30/h4-5,7-8,19-20,22H,6,9-18H2,1-3H3. The Morgan fingerprint density at radius 2 is 1.94 bits per heavy atom. The number of thioether (sulfide) groups is 1. The molecule has 0 radical (unpaired) electrons. The second-order valence-electron chi connectivity index (χ2n) is 9.87. The Hall–Kier alpha value is -2.22. The maximum absolute atomic E-state index is 12.2. The number of carbonyl (C=O) groups excluding carboxylic acids is 1. The zero-order valence-electron chi connectivity index (χ0n) is 20.7. The van der Waals surface area contributed by atoms with E-state index in [2.05, 4.69) is 47.9 Å². The molecule has 2 fully saturated rings. The topological polar surface area (TPSA) is 71.7 Å². The fraction of sp³-hybridized carbons (Fsp3) is 0.654. The molecule has 1 amide bonds. The molecule has 34 heavy (non-hydrogen) atoms. The van der Waals surface area contributed by atoms with Gasteiger partial charge < -0.3 is 19.1 Å². The summed E-state index contributed by atoms with van der Waals surface area (Å²) in [6.45, 7) is 10.1. The largest absolute Gasteiger partial charge is 0.494 e. The number of aryl methyl sites for hydroxylation is 1. The number of aromatic nitrogens is 2. The second-order valence-corrected chi connectivity index (χ2v) is 10.9. The lowest BCUT2D eigenvalue weighted by Gasteiger charge is -2.33. The zero-order chi connectivity index (χ0) is 23.9. The Bertz CT molecular complexity index is 903. The van der Waals surface area contributed by atoms with Crippen molar-refractivity contribution in [2.24, 2.45) is 11.8 Å². The van der Waals surface area contributed by atoms with E-state index in [1.165, 1.54) is 5.56 Å². The molecule has 2 aromatic rings. The summed E-state index contributed by atoms with van der Waals surface area (Å²) in [5.74, 6) is 5.47. The monoisotopic (exact) mass is 486 g/mol. The maximum atomic E-state index is 12.2. The van der Waals surface area contributed by atoms with Gasteiger partial charge in [-0.3, -0.25) is 4.79 Å². The number of hydrogen-bond acceptors (Lipinski definition) is 7. The summed E-state index contributed by atoms with van der Waals surface area (Å²) in [4.78, 5) is 20.9. The van der Waals surface area contributed by atoms with Crippen molar-refractivity contribution in [2.45, 2.75) is 58.8 Å². The number of amides is 1. The van der Waals surface area contributed by atoms with Gasteiger partial charge in [-0.1, -0.05) is 38.1 Å². The van der Waals surface area contributed by atoms with E-state index in [4.69, 9.17) is 9.26 Å². The Morgan fingerprint density at radius 1 is 1.18 bits per heavy atom. The van der Waals surface area contributed by atoms with Crippen LogP contribution in [-0.2, 0) is 11.2 Å². The highest BCUT2D eigenvalue weighted by Gasteiger charge is 2.26. The third-order valence-electron chi connectivity index (χ3n) is 7.06. The van der Waals surface area contributed by atoms with Gasteiger partial charge in [0.1, 0.15) is 5.75 Å². The average Bonchev–Trinajstić information content (AvgIpc) is 3.56. The first-order valence-corrected chi connectivity index (χ1v) is 13.8. The van der Waals surface area contributed by atoms with Crippen molar-refractivity contribution in [3.8, 4) is 5.75 Å². The molecule has 2 saturated heterocycles. The molecule has 0 spiro atoms. The summed E-state index contributed by atoms with van der Waals surface area (Å²) in [5.41, 5.74) is 1.19. The third-order valence-corrected chi connectivity index (χ3v) is 8.03. The van der Waals surface area contributed by atoms with Gasteiger partial charge in [-0.05, 0) is 55.2 Å². The van der Waals surface area contributed by atoms with Crippen LogP contribution in [0.1, 0.15) is 63.8 Å². The maximum Gasteiger partial charge on any atom is 0.324 e. The van der Waals surface area contributed by atoms with E-state index in [1.54, 1.807) is 0 Å². The summed E-state index contributed by atoms with van der Waals surface area (Å²) in [7, 11) is 0. The normalized spacial score (nSPS) is 18.0. The van der Waals surface area contributed by atoms with E-state index in [0.29, 0.717) is 24.3 Å². The van der Waals surface area contributed by atoms with E-state index < -0.39 is 0 Å². The summed E-state index contributed by atoms with van der Waals surface area (Å²) in [5, 5.41) is 4.09. The highest BCUT2D eigenvalue weighted by molar-refractivity contribution is 7.99. The van der Waals surface area contributed by atoms with Crippen LogP contribution in [0.5, 0.6) is 5.75 Å². The molecular weight excluding hydrogens is 448 g/mol. The number of hydrogen-bond donors (Lipinski definition) is 0.